The zero-order valence-electron chi connectivity index (χ0n) is 18.4. The number of piperidine rings is 1. The number of thiazole rings is 1. The van der Waals surface area contributed by atoms with Crippen molar-refractivity contribution in [2.45, 2.75) is 26.7 Å². The molecule has 0 aliphatic carbocycles. The molecule has 4 rings (SSSR count). The molecule has 0 saturated carbocycles. The Labute approximate surface area is 194 Å². The van der Waals surface area contributed by atoms with E-state index in [0.29, 0.717) is 37.1 Å². The Morgan fingerprint density at radius 3 is 2.48 bits per heavy atom. The van der Waals surface area contributed by atoms with Crippen LogP contribution in [-0.2, 0) is 9.53 Å². The number of hydrogen-bond acceptors (Lipinski definition) is 6. The van der Waals surface area contributed by atoms with E-state index >= 15 is 0 Å². The maximum atomic E-state index is 13.1. The Morgan fingerprint density at radius 2 is 1.85 bits per heavy atom. The monoisotopic (exact) mass is 469 g/mol. The highest BCUT2D eigenvalue weighted by Crippen LogP contribution is 2.24. The fourth-order valence-electron chi connectivity index (χ4n) is 4.09. The normalized spacial score (nSPS) is 14.3. The van der Waals surface area contributed by atoms with Crippen LogP contribution in [0.15, 0.2) is 41.9 Å². The maximum absolute atomic E-state index is 13.1. The van der Waals surface area contributed by atoms with Gasteiger partial charge in [0.2, 0.25) is 5.78 Å². The molecule has 33 heavy (non-hydrogen) atoms. The minimum absolute atomic E-state index is 0.187. The van der Waals surface area contributed by atoms with E-state index < -0.39 is 11.8 Å². The summed E-state index contributed by atoms with van der Waals surface area (Å²) in [6.07, 6.45) is 2.62. The lowest BCUT2D eigenvalue weighted by Gasteiger charge is -2.31. The summed E-state index contributed by atoms with van der Waals surface area (Å²) in [5, 5.41) is 2.65. The molecule has 2 aromatic heterocycles. The van der Waals surface area contributed by atoms with Crippen molar-refractivity contribution in [3.8, 4) is 5.13 Å². The number of hydrogen-bond donors (Lipinski definition) is 0. The number of esters is 1. The standard InChI is InChI=1S/C24H24FN3O4S/c1-15-13-20(16(2)28(15)24-26-9-12-33-24)21(29)14-32-23(31)18-7-10-27(11-8-18)22(30)17-3-5-19(25)6-4-17/h3-6,9,12-13,18H,7-8,10-11,14H2,1-2H3. The number of amides is 1. The van der Waals surface area contributed by atoms with E-state index in [1.807, 2.05) is 23.8 Å². The van der Waals surface area contributed by atoms with Gasteiger partial charge in [-0.25, -0.2) is 9.37 Å². The number of benzene rings is 1. The zero-order valence-corrected chi connectivity index (χ0v) is 19.2. The first-order valence-corrected chi connectivity index (χ1v) is 11.6. The molecule has 7 nitrogen and oxygen atoms in total. The summed E-state index contributed by atoms with van der Waals surface area (Å²) in [5.74, 6) is -1.63. The van der Waals surface area contributed by atoms with Crippen LogP contribution >= 0.6 is 11.3 Å². The van der Waals surface area contributed by atoms with E-state index in [4.69, 9.17) is 4.74 Å². The van der Waals surface area contributed by atoms with Gasteiger partial charge in [-0.15, -0.1) is 11.3 Å². The molecule has 1 aromatic carbocycles. The lowest BCUT2D eigenvalue weighted by atomic mass is 9.96. The van der Waals surface area contributed by atoms with Crippen LogP contribution in [-0.4, -0.2) is 51.8 Å². The van der Waals surface area contributed by atoms with E-state index in [0.717, 1.165) is 16.5 Å². The predicted octanol–water partition coefficient (Wildman–Crippen LogP) is 3.97. The van der Waals surface area contributed by atoms with Gasteiger partial charge in [-0.2, -0.15) is 0 Å². The van der Waals surface area contributed by atoms with Gasteiger partial charge in [0.05, 0.1) is 5.92 Å². The Bertz CT molecular complexity index is 1160. The fraction of sp³-hybridized carbons (Fsp3) is 0.333. The Balaban J connectivity index is 1.30. The second-order valence-electron chi connectivity index (χ2n) is 8.04. The number of aromatic nitrogens is 2. The topological polar surface area (TPSA) is 81.5 Å². The van der Waals surface area contributed by atoms with Crippen LogP contribution in [0.4, 0.5) is 4.39 Å². The summed E-state index contributed by atoms with van der Waals surface area (Å²) in [6.45, 7) is 4.23. The molecule has 0 atom stereocenters. The average molecular weight is 470 g/mol. The SMILES string of the molecule is Cc1cc(C(=O)COC(=O)C2CCN(C(=O)c3ccc(F)cc3)CC2)c(C)n1-c1nccs1. The molecule has 1 aliphatic heterocycles. The van der Waals surface area contributed by atoms with E-state index in [-0.39, 0.29) is 24.2 Å². The van der Waals surface area contributed by atoms with E-state index in [1.165, 1.54) is 35.6 Å². The van der Waals surface area contributed by atoms with Gasteiger partial charge in [-0.3, -0.25) is 19.0 Å². The van der Waals surface area contributed by atoms with Crippen molar-refractivity contribution in [2.24, 2.45) is 5.92 Å². The van der Waals surface area contributed by atoms with Gasteiger partial charge >= 0.3 is 5.97 Å². The molecule has 0 bridgehead atoms. The number of likely N-dealkylation sites (tertiary alicyclic amines) is 1. The first-order chi connectivity index (χ1) is 15.8. The van der Waals surface area contributed by atoms with Crippen LogP contribution in [0, 0.1) is 25.6 Å². The van der Waals surface area contributed by atoms with Crippen LogP contribution in [0.25, 0.3) is 5.13 Å². The Morgan fingerprint density at radius 1 is 1.15 bits per heavy atom. The molecule has 1 amide bonds. The molecule has 1 aliphatic rings. The number of halogens is 1. The molecule has 0 N–H and O–H groups in total. The summed E-state index contributed by atoms with van der Waals surface area (Å²) in [6, 6.07) is 7.20. The summed E-state index contributed by atoms with van der Waals surface area (Å²) < 4.78 is 20.3. The zero-order chi connectivity index (χ0) is 23.5. The lowest BCUT2D eigenvalue weighted by molar-refractivity contribution is -0.148. The van der Waals surface area contributed by atoms with Crippen molar-refractivity contribution in [3.05, 3.63) is 70.2 Å². The van der Waals surface area contributed by atoms with Crippen LogP contribution in [0.3, 0.4) is 0 Å². The minimum atomic E-state index is -0.425. The highest BCUT2D eigenvalue weighted by Gasteiger charge is 2.29. The van der Waals surface area contributed by atoms with Gasteiger partial charge in [-0.1, -0.05) is 0 Å². The van der Waals surface area contributed by atoms with E-state index in [9.17, 15) is 18.8 Å². The Hall–Kier alpha value is -3.33. The minimum Gasteiger partial charge on any atom is -0.457 e. The van der Waals surface area contributed by atoms with Crippen molar-refractivity contribution in [1.29, 1.82) is 0 Å². The van der Waals surface area contributed by atoms with Crippen LogP contribution < -0.4 is 0 Å². The first kappa shape index (κ1) is 22.8. The molecule has 0 spiro atoms. The molecule has 3 heterocycles. The molecular weight excluding hydrogens is 445 g/mol. The summed E-state index contributed by atoms with van der Waals surface area (Å²) in [5.41, 5.74) is 2.57. The molecule has 9 heteroatoms. The third-order valence-electron chi connectivity index (χ3n) is 5.89. The van der Waals surface area contributed by atoms with Gasteiger partial charge < -0.3 is 9.64 Å². The van der Waals surface area contributed by atoms with Crippen LogP contribution in [0.2, 0.25) is 0 Å². The Kier molecular flexibility index (Phi) is 6.69. The van der Waals surface area contributed by atoms with Crippen LogP contribution in [0.5, 0.6) is 0 Å². The number of Topliss-reactive ketones (excluding diaryl/α,β-unsaturated/α-hetero) is 1. The molecular formula is C24H24FN3O4S. The molecule has 1 saturated heterocycles. The predicted molar refractivity (Wildman–Crippen MR) is 121 cm³/mol. The maximum Gasteiger partial charge on any atom is 0.309 e. The molecule has 3 aromatic rings. The first-order valence-electron chi connectivity index (χ1n) is 10.7. The van der Waals surface area contributed by atoms with Crippen LogP contribution in [0.1, 0.15) is 44.9 Å². The number of carbonyl (C=O) groups excluding carboxylic acids is 3. The van der Waals surface area contributed by atoms with Gasteiger partial charge in [0.25, 0.3) is 5.91 Å². The van der Waals surface area contributed by atoms with Gasteiger partial charge in [-0.05, 0) is 57.0 Å². The smallest absolute Gasteiger partial charge is 0.309 e. The third-order valence-corrected chi connectivity index (χ3v) is 6.65. The van der Waals surface area contributed by atoms with Crippen molar-refractivity contribution in [1.82, 2.24) is 14.5 Å². The lowest BCUT2D eigenvalue weighted by Crippen LogP contribution is -2.40. The van der Waals surface area contributed by atoms with Crippen molar-refractivity contribution < 1.29 is 23.5 Å². The highest BCUT2D eigenvalue weighted by atomic mass is 32.1. The number of ketones is 1. The average Bonchev–Trinajstić information content (AvgIpc) is 3.44. The summed E-state index contributed by atoms with van der Waals surface area (Å²) in [4.78, 5) is 43.7. The third kappa shape index (κ3) is 4.88. The van der Waals surface area contributed by atoms with Crippen molar-refractivity contribution in [2.75, 3.05) is 19.7 Å². The van der Waals surface area contributed by atoms with E-state index in [2.05, 4.69) is 4.98 Å². The summed E-state index contributed by atoms with van der Waals surface area (Å²) >= 11 is 1.48. The quantitative estimate of drug-likeness (QED) is 0.403. The summed E-state index contributed by atoms with van der Waals surface area (Å²) in [7, 11) is 0. The molecule has 0 unspecified atom stereocenters. The number of ether oxygens (including phenoxy) is 1. The number of nitrogens with zero attached hydrogens (tertiary/aromatic N) is 3. The molecule has 0 radical (unpaired) electrons. The fourth-order valence-corrected chi connectivity index (χ4v) is 4.84. The van der Waals surface area contributed by atoms with Gasteiger partial charge in [0.15, 0.2) is 11.7 Å². The van der Waals surface area contributed by atoms with Crippen molar-refractivity contribution in [3.63, 3.8) is 0 Å². The number of aryl methyl sites for hydroxylation is 1. The molecule has 172 valence electrons. The largest absolute Gasteiger partial charge is 0.457 e. The number of rotatable bonds is 6. The van der Waals surface area contributed by atoms with Crippen molar-refractivity contribution >= 4 is 29.0 Å². The van der Waals surface area contributed by atoms with Gasteiger partial charge in [0.1, 0.15) is 5.82 Å². The number of carbonyl (C=O) groups is 3. The highest BCUT2D eigenvalue weighted by molar-refractivity contribution is 7.12. The second kappa shape index (κ2) is 9.66. The second-order valence-corrected chi connectivity index (χ2v) is 8.91. The van der Waals surface area contributed by atoms with E-state index in [1.54, 1.807) is 17.2 Å². The molecule has 1 fully saturated rings. The van der Waals surface area contributed by atoms with Gasteiger partial charge in [0, 0.05) is 47.2 Å².